The van der Waals surface area contributed by atoms with Gasteiger partial charge in [0, 0.05) is 6.54 Å². The highest BCUT2D eigenvalue weighted by Crippen LogP contribution is 1.99. The van der Waals surface area contributed by atoms with Crippen LogP contribution in [0.25, 0.3) is 0 Å². The van der Waals surface area contributed by atoms with Gasteiger partial charge in [0.2, 0.25) is 0 Å². The highest BCUT2D eigenvalue weighted by atomic mass is 15.0. The van der Waals surface area contributed by atoms with Gasteiger partial charge in [0.15, 0.2) is 0 Å². The zero-order valence-corrected chi connectivity index (χ0v) is 10.9. The summed E-state index contributed by atoms with van der Waals surface area (Å²) in [5, 5.41) is 0. The average molecular weight is 227 g/mol. The number of aryl methyl sites for hydroxylation is 1. The molecule has 2 aromatic carbocycles. The Morgan fingerprint density at radius 3 is 1.59 bits per heavy atom. The fourth-order valence-electron chi connectivity index (χ4n) is 1.48. The second kappa shape index (κ2) is 7.64. The van der Waals surface area contributed by atoms with Gasteiger partial charge in [-0.1, -0.05) is 66.2 Å². The van der Waals surface area contributed by atoms with Gasteiger partial charge in [0.1, 0.15) is 0 Å². The Bertz CT molecular complexity index is 392. The van der Waals surface area contributed by atoms with E-state index < -0.39 is 0 Å². The van der Waals surface area contributed by atoms with E-state index in [0.29, 0.717) is 0 Å². The normalized spacial score (nSPS) is 9.65. The van der Waals surface area contributed by atoms with Gasteiger partial charge < -0.3 is 4.90 Å². The molecule has 0 aliphatic rings. The molecule has 0 saturated heterocycles. The molecule has 1 nitrogen and oxygen atoms in total. The Labute approximate surface area is 105 Å². The molecule has 1 heteroatoms. The minimum atomic E-state index is 1.03. The molecule has 0 amide bonds. The summed E-state index contributed by atoms with van der Waals surface area (Å²) in [6.45, 7) is 3.11. The highest BCUT2D eigenvalue weighted by Gasteiger charge is 1.90. The van der Waals surface area contributed by atoms with Crippen LogP contribution in [-0.4, -0.2) is 19.0 Å². The first-order valence-corrected chi connectivity index (χ1v) is 5.89. The van der Waals surface area contributed by atoms with Crippen molar-refractivity contribution in [2.45, 2.75) is 13.5 Å². The summed E-state index contributed by atoms with van der Waals surface area (Å²) < 4.78 is 0. The molecule has 0 unspecified atom stereocenters. The van der Waals surface area contributed by atoms with E-state index in [9.17, 15) is 0 Å². The van der Waals surface area contributed by atoms with Crippen LogP contribution in [0.4, 0.5) is 0 Å². The van der Waals surface area contributed by atoms with Crippen LogP contribution >= 0.6 is 0 Å². The first-order valence-electron chi connectivity index (χ1n) is 5.89. The summed E-state index contributed by atoms with van der Waals surface area (Å²) in [5.41, 5.74) is 2.69. The van der Waals surface area contributed by atoms with Crippen LogP contribution in [0.5, 0.6) is 0 Å². The Balaban J connectivity index is 0.000000181. The minimum absolute atomic E-state index is 1.03. The lowest BCUT2D eigenvalue weighted by Crippen LogP contribution is -2.10. The van der Waals surface area contributed by atoms with E-state index in [1.54, 1.807) is 0 Å². The van der Waals surface area contributed by atoms with Gasteiger partial charge in [0.25, 0.3) is 0 Å². The fourth-order valence-corrected chi connectivity index (χ4v) is 1.48. The molecular formula is C16H21N. The van der Waals surface area contributed by atoms with E-state index in [1.807, 2.05) is 24.3 Å². The smallest absolute Gasteiger partial charge is 0.0227 e. The van der Waals surface area contributed by atoms with Crippen molar-refractivity contribution in [3.8, 4) is 0 Å². The molecule has 2 rings (SSSR count). The summed E-state index contributed by atoms with van der Waals surface area (Å²) >= 11 is 0. The predicted octanol–water partition coefficient (Wildman–Crippen LogP) is 3.74. The third-order valence-electron chi connectivity index (χ3n) is 2.28. The van der Waals surface area contributed by atoms with Gasteiger partial charge >= 0.3 is 0 Å². The summed E-state index contributed by atoms with van der Waals surface area (Å²) in [6, 6.07) is 20.7. The number of hydrogen-bond acceptors (Lipinski definition) is 1. The Hall–Kier alpha value is -1.60. The van der Waals surface area contributed by atoms with Gasteiger partial charge in [-0.15, -0.1) is 0 Å². The molecule has 0 aromatic heterocycles. The van der Waals surface area contributed by atoms with E-state index >= 15 is 0 Å². The number of benzene rings is 2. The zero-order valence-electron chi connectivity index (χ0n) is 10.9. The molecule has 0 radical (unpaired) electrons. The van der Waals surface area contributed by atoms with Crippen molar-refractivity contribution in [1.29, 1.82) is 0 Å². The molecular weight excluding hydrogens is 206 g/mol. The van der Waals surface area contributed by atoms with Crippen molar-refractivity contribution >= 4 is 0 Å². The fraction of sp³-hybridized carbons (Fsp3) is 0.250. The van der Waals surface area contributed by atoms with Crippen LogP contribution in [0.3, 0.4) is 0 Å². The largest absolute Gasteiger partial charge is 0.305 e. The number of nitrogens with zero attached hydrogens (tertiary/aromatic N) is 1. The molecule has 0 bridgehead atoms. The molecule has 0 saturated carbocycles. The zero-order chi connectivity index (χ0) is 12.5. The van der Waals surface area contributed by atoms with Crippen LogP contribution in [0, 0.1) is 6.92 Å². The monoisotopic (exact) mass is 227 g/mol. The number of hydrogen-bond donors (Lipinski definition) is 0. The van der Waals surface area contributed by atoms with Crippen molar-refractivity contribution < 1.29 is 0 Å². The van der Waals surface area contributed by atoms with Gasteiger partial charge in [-0.2, -0.15) is 0 Å². The first kappa shape index (κ1) is 13.5. The second-order valence-corrected chi connectivity index (χ2v) is 4.38. The second-order valence-electron chi connectivity index (χ2n) is 4.38. The van der Waals surface area contributed by atoms with Crippen LogP contribution in [0.15, 0.2) is 60.7 Å². The van der Waals surface area contributed by atoms with E-state index in [4.69, 9.17) is 0 Å². The summed E-state index contributed by atoms with van der Waals surface area (Å²) in [5.74, 6) is 0. The van der Waals surface area contributed by atoms with Crippen molar-refractivity contribution in [1.82, 2.24) is 4.90 Å². The Morgan fingerprint density at radius 2 is 1.24 bits per heavy atom. The average Bonchev–Trinajstić information content (AvgIpc) is 2.31. The molecule has 0 heterocycles. The molecule has 0 spiro atoms. The van der Waals surface area contributed by atoms with E-state index in [-0.39, 0.29) is 0 Å². The molecule has 90 valence electrons. The van der Waals surface area contributed by atoms with E-state index in [2.05, 4.69) is 62.3 Å². The lowest BCUT2D eigenvalue weighted by atomic mass is 10.2. The van der Waals surface area contributed by atoms with E-state index in [1.165, 1.54) is 11.1 Å². The molecule has 0 aliphatic carbocycles. The molecule has 17 heavy (non-hydrogen) atoms. The van der Waals surface area contributed by atoms with Crippen LogP contribution < -0.4 is 0 Å². The van der Waals surface area contributed by atoms with Gasteiger partial charge in [-0.05, 0) is 26.6 Å². The quantitative estimate of drug-likeness (QED) is 0.755. The molecule has 0 atom stereocenters. The highest BCUT2D eigenvalue weighted by molar-refractivity contribution is 5.14. The third kappa shape index (κ3) is 6.54. The lowest BCUT2D eigenvalue weighted by Gasteiger charge is -2.08. The minimum Gasteiger partial charge on any atom is -0.305 e. The van der Waals surface area contributed by atoms with Crippen molar-refractivity contribution in [3.05, 3.63) is 71.8 Å². The van der Waals surface area contributed by atoms with Crippen LogP contribution in [0.2, 0.25) is 0 Å². The molecule has 0 N–H and O–H groups in total. The molecule has 0 aliphatic heterocycles. The molecule has 2 aromatic rings. The van der Waals surface area contributed by atoms with Gasteiger partial charge in [-0.3, -0.25) is 0 Å². The number of rotatable bonds is 2. The first-order chi connectivity index (χ1) is 8.18. The van der Waals surface area contributed by atoms with Crippen LogP contribution in [0.1, 0.15) is 11.1 Å². The maximum Gasteiger partial charge on any atom is 0.0227 e. The van der Waals surface area contributed by atoms with E-state index in [0.717, 1.165) is 6.54 Å². The maximum atomic E-state index is 2.16. The van der Waals surface area contributed by atoms with Crippen molar-refractivity contribution in [3.63, 3.8) is 0 Å². The standard InChI is InChI=1S/C9H13N.C7H8/c1-10(2)8-9-6-4-3-5-7-9;1-7-5-3-2-4-6-7/h3-7H,8H2,1-2H3;2-6H,1H3. The van der Waals surface area contributed by atoms with Crippen molar-refractivity contribution in [2.75, 3.05) is 14.1 Å². The Kier molecular flexibility index (Phi) is 6.05. The summed E-state index contributed by atoms with van der Waals surface area (Å²) in [4.78, 5) is 2.16. The van der Waals surface area contributed by atoms with Crippen molar-refractivity contribution in [2.24, 2.45) is 0 Å². The van der Waals surface area contributed by atoms with Gasteiger partial charge in [0.05, 0.1) is 0 Å². The maximum absolute atomic E-state index is 2.16. The Morgan fingerprint density at radius 1 is 0.765 bits per heavy atom. The predicted molar refractivity (Wildman–Crippen MR) is 75.0 cm³/mol. The van der Waals surface area contributed by atoms with Gasteiger partial charge in [-0.25, -0.2) is 0 Å². The van der Waals surface area contributed by atoms with Crippen LogP contribution in [-0.2, 0) is 6.54 Å². The summed E-state index contributed by atoms with van der Waals surface area (Å²) in [7, 11) is 4.15. The SMILES string of the molecule is CN(C)Cc1ccccc1.Cc1ccccc1. The molecule has 0 fully saturated rings. The third-order valence-corrected chi connectivity index (χ3v) is 2.28. The topological polar surface area (TPSA) is 3.24 Å². The summed E-state index contributed by atoms with van der Waals surface area (Å²) in [6.07, 6.45) is 0. The lowest BCUT2D eigenvalue weighted by molar-refractivity contribution is 0.402.